The first-order valence-electron chi connectivity index (χ1n) is 6.97. The van der Waals surface area contributed by atoms with Gasteiger partial charge in [-0.1, -0.05) is 25.1 Å². The van der Waals surface area contributed by atoms with Crippen molar-refractivity contribution in [2.45, 2.75) is 24.3 Å². The summed E-state index contributed by atoms with van der Waals surface area (Å²) in [6, 6.07) is 14.3. The number of ether oxygens (including phenoxy) is 1. The fraction of sp³-hybridized carbons (Fsp3) is 0.294. The van der Waals surface area contributed by atoms with Crippen LogP contribution in [0.3, 0.4) is 0 Å². The molecule has 0 aliphatic rings. The Labute approximate surface area is 139 Å². The van der Waals surface area contributed by atoms with Gasteiger partial charge in [-0.25, -0.2) is 0 Å². The number of halogens is 1. The summed E-state index contributed by atoms with van der Waals surface area (Å²) >= 11 is 5.29. The summed E-state index contributed by atoms with van der Waals surface area (Å²) in [6.45, 7) is 2.82. The normalized spacial score (nSPS) is 12.2. The van der Waals surface area contributed by atoms with E-state index in [9.17, 15) is 0 Å². The van der Waals surface area contributed by atoms with Gasteiger partial charge in [-0.15, -0.1) is 11.8 Å². The number of benzene rings is 2. The molecule has 2 N–H and O–H groups in total. The molecular weight excluding hydrogens is 346 g/mol. The molecule has 112 valence electrons. The Morgan fingerprint density at radius 3 is 2.38 bits per heavy atom. The average Bonchev–Trinajstić information content (AvgIpc) is 2.53. The van der Waals surface area contributed by atoms with Gasteiger partial charge >= 0.3 is 0 Å². The highest BCUT2D eigenvalue weighted by Crippen LogP contribution is 2.30. The second-order valence-electron chi connectivity index (χ2n) is 4.79. The van der Waals surface area contributed by atoms with Crippen LogP contribution in [0.15, 0.2) is 51.8 Å². The summed E-state index contributed by atoms with van der Waals surface area (Å²) in [5.74, 6) is 0.866. The Morgan fingerprint density at radius 1 is 1.14 bits per heavy atom. The van der Waals surface area contributed by atoms with Gasteiger partial charge in [-0.05, 0) is 64.0 Å². The van der Waals surface area contributed by atoms with Crippen molar-refractivity contribution < 1.29 is 4.74 Å². The summed E-state index contributed by atoms with van der Waals surface area (Å²) in [5.41, 5.74) is 8.54. The minimum absolute atomic E-state index is 0.127. The monoisotopic (exact) mass is 365 g/mol. The molecule has 0 aliphatic heterocycles. The van der Waals surface area contributed by atoms with E-state index in [-0.39, 0.29) is 6.04 Å². The second kappa shape index (κ2) is 7.87. The molecule has 2 aromatic rings. The van der Waals surface area contributed by atoms with Crippen LogP contribution in [-0.2, 0) is 0 Å². The first-order valence-corrected chi connectivity index (χ1v) is 8.99. The third-order valence-corrected chi connectivity index (χ3v) is 4.61. The summed E-state index contributed by atoms with van der Waals surface area (Å²) in [6.07, 6.45) is 3.07. The summed E-state index contributed by atoms with van der Waals surface area (Å²) in [4.78, 5) is 1.25. The fourth-order valence-electron chi connectivity index (χ4n) is 2.04. The van der Waals surface area contributed by atoms with Crippen LogP contribution in [0.5, 0.6) is 5.75 Å². The van der Waals surface area contributed by atoms with E-state index in [1.54, 1.807) is 11.8 Å². The third-order valence-electron chi connectivity index (χ3n) is 3.25. The third kappa shape index (κ3) is 4.25. The zero-order valence-corrected chi connectivity index (χ0v) is 14.7. The zero-order chi connectivity index (χ0) is 15.2. The van der Waals surface area contributed by atoms with Gasteiger partial charge in [0.1, 0.15) is 5.75 Å². The van der Waals surface area contributed by atoms with Gasteiger partial charge in [-0.3, -0.25) is 0 Å². The Morgan fingerprint density at radius 2 is 1.81 bits per heavy atom. The molecule has 0 bridgehead atoms. The van der Waals surface area contributed by atoms with Gasteiger partial charge in [0.25, 0.3) is 0 Å². The van der Waals surface area contributed by atoms with E-state index in [0.717, 1.165) is 34.4 Å². The molecule has 0 spiro atoms. The summed E-state index contributed by atoms with van der Waals surface area (Å²) in [5, 5.41) is 0. The van der Waals surface area contributed by atoms with Gasteiger partial charge < -0.3 is 10.5 Å². The Balaban J connectivity index is 2.18. The average molecular weight is 366 g/mol. The van der Waals surface area contributed by atoms with Crippen LogP contribution in [0.25, 0.3) is 0 Å². The van der Waals surface area contributed by atoms with Gasteiger partial charge in [0, 0.05) is 4.90 Å². The number of hydrogen-bond donors (Lipinski definition) is 1. The first kappa shape index (κ1) is 16.4. The lowest BCUT2D eigenvalue weighted by Gasteiger charge is -2.15. The Hall–Kier alpha value is -0.970. The predicted octanol–water partition coefficient (Wildman–Crippen LogP) is 5.01. The van der Waals surface area contributed by atoms with Crippen LogP contribution in [0.2, 0.25) is 0 Å². The minimum atomic E-state index is -0.127. The van der Waals surface area contributed by atoms with Crippen LogP contribution >= 0.6 is 27.7 Å². The smallest absolute Gasteiger partial charge is 0.133 e. The lowest BCUT2D eigenvalue weighted by atomic mass is 10.00. The molecule has 0 aliphatic carbocycles. The quantitative estimate of drug-likeness (QED) is 0.730. The molecule has 0 amide bonds. The predicted molar refractivity (Wildman–Crippen MR) is 94.2 cm³/mol. The molecular formula is C17H20BrNOS. The molecule has 2 nitrogen and oxygen atoms in total. The van der Waals surface area contributed by atoms with Gasteiger partial charge in [0.2, 0.25) is 0 Å². The van der Waals surface area contributed by atoms with Crippen molar-refractivity contribution in [2.24, 2.45) is 5.73 Å². The van der Waals surface area contributed by atoms with Crippen molar-refractivity contribution in [3.63, 3.8) is 0 Å². The summed E-state index contributed by atoms with van der Waals surface area (Å²) < 4.78 is 6.61. The standard InChI is InChI=1S/C17H20BrNOS/c1-3-10-20-16-9-6-13(11-15(16)18)17(19)12-4-7-14(21-2)8-5-12/h4-9,11,17H,3,10,19H2,1-2H3. The van der Waals surface area contributed by atoms with E-state index >= 15 is 0 Å². The van der Waals surface area contributed by atoms with Crippen LogP contribution < -0.4 is 10.5 Å². The van der Waals surface area contributed by atoms with Crippen molar-refractivity contribution in [3.8, 4) is 5.75 Å². The molecule has 0 saturated heterocycles. The highest BCUT2D eigenvalue weighted by Gasteiger charge is 2.11. The summed E-state index contributed by atoms with van der Waals surface area (Å²) in [7, 11) is 0. The van der Waals surface area contributed by atoms with Crippen molar-refractivity contribution in [1.82, 2.24) is 0 Å². The lowest BCUT2D eigenvalue weighted by Crippen LogP contribution is -2.11. The van der Waals surface area contributed by atoms with E-state index in [2.05, 4.69) is 53.4 Å². The minimum Gasteiger partial charge on any atom is -0.492 e. The lowest BCUT2D eigenvalue weighted by molar-refractivity contribution is 0.315. The maximum atomic E-state index is 6.36. The fourth-order valence-corrected chi connectivity index (χ4v) is 2.96. The molecule has 0 heterocycles. The molecule has 2 rings (SSSR count). The second-order valence-corrected chi connectivity index (χ2v) is 6.52. The molecule has 0 saturated carbocycles. The Bertz CT molecular complexity index is 586. The van der Waals surface area contributed by atoms with E-state index in [0.29, 0.717) is 0 Å². The van der Waals surface area contributed by atoms with Crippen LogP contribution in [0.4, 0.5) is 0 Å². The first-order chi connectivity index (χ1) is 10.2. The highest BCUT2D eigenvalue weighted by molar-refractivity contribution is 9.10. The molecule has 4 heteroatoms. The van der Waals surface area contributed by atoms with E-state index in [1.807, 2.05) is 18.2 Å². The molecule has 0 fully saturated rings. The van der Waals surface area contributed by atoms with Crippen molar-refractivity contribution in [2.75, 3.05) is 12.9 Å². The number of nitrogens with two attached hydrogens (primary N) is 1. The largest absolute Gasteiger partial charge is 0.492 e. The zero-order valence-electron chi connectivity index (χ0n) is 12.3. The Kier molecular flexibility index (Phi) is 6.15. The van der Waals surface area contributed by atoms with E-state index in [1.165, 1.54) is 4.90 Å². The molecule has 21 heavy (non-hydrogen) atoms. The molecule has 1 atom stereocenters. The van der Waals surface area contributed by atoms with E-state index < -0.39 is 0 Å². The molecule has 2 aromatic carbocycles. The van der Waals surface area contributed by atoms with Crippen molar-refractivity contribution >= 4 is 27.7 Å². The van der Waals surface area contributed by atoms with Gasteiger partial charge in [-0.2, -0.15) is 0 Å². The molecule has 1 unspecified atom stereocenters. The topological polar surface area (TPSA) is 35.2 Å². The number of rotatable bonds is 6. The van der Waals surface area contributed by atoms with Crippen LogP contribution in [0, 0.1) is 0 Å². The highest BCUT2D eigenvalue weighted by atomic mass is 79.9. The maximum absolute atomic E-state index is 6.36. The SMILES string of the molecule is CCCOc1ccc(C(N)c2ccc(SC)cc2)cc1Br. The maximum Gasteiger partial charge on any atom is 0.133 e. The number of thioether (sulfide) groups is 1. The van der Waals surface area contributed by atoms with Gasteiger partial charge in [0.15, 0.2) is 0 Å². The number of hydrogen-bond acceptors (Lipinski definition) is 3. The molecule has 0 radical (unpaired) electrons. The van der Waals surface area contributed by atoms with E-state index in [4.69, 9.17) is 10.5 Å². The molecule has 0 aromatic heterocycles. The van der Waals surface area contributed by atoms with Crippen LogP contribution in [0.1, 0.15) is 30.5 Å². The van der Waals surface area contributed by atoms with Crippen molar-refractivity contribution in [1.29, 1.82) is 0 Å². The van der Waals surface area contributed by atoms with Crippen LogP contribution in [-0.4, -0.2) is 12.9 Å². The van der Waals surface area contributed by atoms with Crippen molar-refractivity contribution in [3.05, 3.63) is 58.1 Å². The van der Waals surface area contributed by atoms with Gasteiger partial charge in [0.05, 0.1) is 17.1 Å².